The molecule has 17 heavy (non-hydrogen) atoms. The first-order valence-electron chi connectivity index (χ1n) is 6.10. The molecule has 0 aliphatic rings. The maximum Gasteiger partial charge on any atom is 0.101 e. The summed E-state index contributed by atoms with van der Waals surface area (Å²) < 4.78 is 0. The summed E-state index contributed by atoms with van der Waals surface area (Å²) in [6, 6.07) is 9.88. The number of hydrogen-bond donors (Lipinski definition) is 1. The molecule has 0 aliphatic carbocycles. The van der Waals surface area contributed by atoms with Crippen LogP contribution in [0.5, 0.6) is 0 Å². The maximum absolute atomic E-state index is 9.00. The smallest absolute Gasteiger partial charge is 0.101 e. The van der Waals surface area contributed by atoms with Crippen LogP contribution in [0, 0.1) is 11.3 Å². The third kappa shape index (κ3) is 4.46. The molecule has 3 nitrogen and oxygen atoms in total. The van der Waals surface area contributed by atoms with Crippen LogP contribution >= 0.6 is 0 Å². The summed E-state index contributed by atoms with van der Waals surface area (Å²) in [6.45, 7) is 1.23. The summed E-state index contributed by atoms with van der Waals surface area (Å²) in [6.07, 6.45) is 4.18. The molecule has 0 saturated carbocycles. The lowest BCUT2D eigenvalue weighted by Crippen LogP contribution is -2.19. The van der Waals surface area contributed by atoms with Crippen LogP contribution in [0.15, 0.2) is 24.3 Å². The average Bonchev–Trinajstić information content (AvgIpc) is 2.38. The molecule has 0 aromatic heterocycles. The Hall–Kier alpha value is -1.53. The van der Waals surface area contributed by atoms with Gasteiger partial charge in [0.2, 0.25) is 0 Å². The van der Waals surface area contributed by atoms with Gasteiger partial charge in [-0.1, -0.05) is 25.0 Å². The average molecular weight is 232 g/mol. The van der Waals surface area contributed by atoms with E-state index in [1.54, 1.807) is 0 Å². The Kier molecular flexibility index (Phi) is 6.13. The molecule has 1 N–H and O–H groups in total. The van der Waals surface area contributed by atoms with Crippen molar-refractivity contribution in [1.29, 1.82) is 5.26 Å². The number of aliphatic hydroxyl groups excluding tert-OH is 1. The molecule has 3 heteroatoms. The second-order valence-corrected chi connectivity index (χ2v) is 4.19. The first-order valence-corrected chi connectivity index (χ1v) is 6.10. The number of hydrogen-bond acceptors (Lipinski definition) is 3. The molecule has 0 radical (unpaired) electrons. The minimum Gasteiger partial charge on any atom is -0.396 e. The number of nitrogens with zero attached hydrogens (tertiary/aromatic N) is 2. The van der Waals surface area contributed by atoms with Gasteiger partial charge in [-0.25, -0.2) is 0 Å². The Balaban J connectivity index is 2.42. The van der Waals surface area contributed by atoms with E-state index in [0.29, 0.717) is 0 Å². The third-order valence-electron chi connectivity index (χ3n) is 2.84. The van der Waals surface area contributed by atoms with Crippen LogP contribution in [-0.2, 0) is 0 Å². The van der Waals surface area contributed by atoms with Crippen LogP contribution in [-0.4, -0.2) is 25.3 Å². The lowest BCUT2D eigenvalue weighted by molar-refractivity contribution is 0.282. The molecular formula is C14H20N2O. The number of anilines is 1. The lowest BCUT2D eigenvalue weighted by atomic mass is 10.1. The van der Waals surface area contributed by atoms with Crippen LogP contribution in [0.1, 0.15) is 31.2 Å². The Labute approximate surface area is 103 Å². The van der Waals surface area contributed by atoms with Gasteiger partial charge in [0, 0.05) is 20.2 Å². The number of rotatable bonds is 7. The van der Waals surface area contributed by atoms with E-state index in [9.17, 15) is 0 Å². The van der Waals surface area contributed by atoms with Gasteiger partial charge < -0.3 is 10.0 Å². The zero-order valence-corrected chi connectivity index (χ0v) is 10.4. The molecule has 1 aromatic rings. The van der Waals surface area contributed by atoms with Gasteiger partial charge in [-0.3, -0.25) is 0 Å². The Bertz CT molecular complexity index is 371. The van der Waals surface area contributed by atoms with E-state index < -0.39 is 0 Å². The molecule has 0 heterocycles. The van der Waals surface area contributed by atoms with Crippen molar-refractivity contribution in [3.05, 3.63) is 29.8 Å². The normalized spacial score (nSPS) is 9.94. The summed E-state index contributed by atoms with van der Waals surface area (Å²) in [7, 11) is 2.02. The monoisotopic (exact) mass is 232 g/mol. The van der Waals surface area contributed by atoms with Gasteiger partial charge in [0.1, 0.15) is 6.07 Å². The van der Waals surface area contributed by atoms with Gasteiger partial charge in [0.15, 0.2) is 0 Å². The van der Waals surface area contributed by atoms with Gasteiger partial charge in [-0.05, 0) is 25.0 Å². The van der Waals surface area contributed by atoms with Crippen molar-refractivity contribution in [2.24, 2.45) is 0 Å². The van der Waals surface area contributed by atoms with E-state index in [-0.39, 0.29) is 6.61 Å². The van der Waals surface area contributed by atoms with Crippen molar-refractivity contribution >= 4 is 5.69 Å². The summed E-state index contributed by atoms with van der Waals surface area (Å²) in [5, 5.41) is 17.7. The third-order valence-corrected chi connectivity index (χ3v) is 2.84. The molecule has 1 aromatic carbocycles. The van der Waals surface area contributed by atoms with Crippen LogP contribution < -0.4 is 4.90 Å². The number of benzene rings is 1. The standard InChI is InChI=1S/C14H20N2O/c1-16(10-6-2-3-7-11-17)14-9-5-4-8-13(14)12-15/h4-5,8-9,17H,2-3,6-7,10-11H2,1H3. The van der Waals surface area contributed by atoms with E-state index in [2.05, 4.69) is 11.0 Å². The highest BCUT2D eigenvalue weighted by molar-refractivity contribution is 5.58. The van der Waals surface area contributed by atoms with Gasteiger partial charge >= 0.3 is 0 Å². The highest BCUT2D eigenvalue weighted by Gasteiger charge is 2.05. The molecule has 0 atom stereocenters. The van der Waals surface area contributed by atoms with Crippen molar-refractivity contribution in [2.75, 3.05) is 25.1 Å². The van der Waals surface area contributed by atoms with E-state index in [4.69, 9.17) is 10.4 Å². The summed E-state index contributed by atoms with van der Waals surface area (Å²) in [4.78, 5) is 2.12. The fraction of sp³-hybridized carbons (Fsp3) is 0.500. The van der Waals surface area contributed by atoms with Crippen LogP contribution in [0.25, 0.3) is 0 Å². The Morgan fingerprint density at radius 1 is 1.18 bits per heavy atom. The number of para-hydroxylation sites is 1. The predicted octanol–water partition coefficient (Wildman–Crippen LogP) is 2.55. The fourth-order valence-electron chi connectivity index (χ4n) is 1.84. The largest absolute Gasteiger partial charge is 0.396 e. The van der Waals surface area contributed by atoms with Crippen LogP contribution in [0.3, 0.4) is 0 Å². The molecule has 92 valence electrons. The summed E-state index contributed by atoms with van der Waals surface area (Å²) >= 11 is 0. The van der Waals surface area contributed by atoms with Gasteiger partial charge in [0.05, 0.1) is 11.3 Å². The number of nitriles is 1. The van der Waals surface area contributed by atoms with Crippen molar-refractivity contribution in [2.45, 2.75) is 25.7 Å². The van der Waals surface area contributed by atoms with Crippen molar-refractivity contribution in [3.8, 4) is 6.07 Å². The highest BCUT2D eigenvalue weighted by Crippen LogP contribution is 2.18. The second-order valence-electron chi connectivity index (χ2n) is 4.19. The van der Waals surface area contributed by atoms with Crippen LogP contribution in [0.2, 0.25) is 0 Å². The quantitative estimate of drug-likeness (QED) is 0.735. The van der Waals surface area contributed by atoms with Gasteiger partial charge in [-0.15, -0.1) is 0 Å². The van der Waals surface area contributed by atoms with E-state index in [1.165, 1.54) is 0 Å². The molecule has 0 bridgehead atoms. The molecular weight excluding hydrogens is 212 g/mol. The minimum atomic E-state index is 0.285. The Morgan fingerprint density at radius 3 is 2.59 bits per heavy atom. The molecule has 0 saturated heterocycles. The van der Waals surface area contributed by atoms with E-state index in [0.717, 1.165) is 43.5 Å². The summed E-state index contributed by atoms with van der Waals surface area (Å²) in [5.41, 5.74) is 1.72. The van der Waals surface area contributed by atoms with Crippen LogP contribution in [0.4, 0.5) is 5.69 Å². The fourth-order valence-corrected chi connectivity index (χ4v) is 1.84. The SMILES string of the molecule is CN(CCCCCCO)c1ccccc1C#N. The molecule has 0 unspecified atom stereocenters. The zero-order chi connectivity index (χ0) is 12.5. The van der Waals surface area contributed by atoms with Crippen molar-refractivity contribution in [1.82, 2.24) is 0 Å². The van der Waals surface area contributed by atoms with Crippen molar-refractivity contribution in [3.63, 3.8) is 0 Å². The first-order chi connectivity index (χ1) is 8.29. The first kappa shape index (κ1) is 13.5. The highest BCUT2D eigenvalue weighted by atomic mass is 16.2. The zero-order valence-electron chi connectivity index (χ0n) is 10.4. The van der Waals surface area contributed by atoms with E-state index >= 15 is 0 Å². The molecule has 0 aliphatic heterocycles. The molecule has 0 amide bonds. The molecule has 0 spiro atoms. The Morgan fingerprint density at radius 2 is 1.88 bits per heavy atom. The van der Waals surface area contributed by atoms with Gasteiger partial charge in [0.25, 0.3) is 0 Å². The number of unbranched alkanes of at least 4 members (excludes halogenated alkanes) is 3. The second kappa shape index (κ2) is 7.70. The number of aliphatic hydroxyl groups is 1. The molecule has 0 fully saturated rings. The summed E-state index contributed by atoms with van der Waals surface area (Å²) in [5.74, 6) is 0. The van der Waals surface area contributed by atoms with Gasteiger partial charge in [-0.2, -0.15) is 5.26 Å². The van der Waals surface area contributed by atoms with E-state index in [1.807, 2.05) is 31.3 Å². The molecule has 1 rings (SSSR count). The maximum atomic E-state index is 9.00. The topological polar surface area (TPSA) is 47.3 Å². The lowest BCUT2D eigenvalue weighted by Gasteiger charge is -2.20. The minimum absolute atomic E-state index is 0.285. The predicted molar refractivity (Wildman–Crippen MR) is 70.0 cm³/mol. The van der Waals surface area contributed by atoms with Crippen molar-refractivity contribution < 1.29 is 5.11 Å².